The van der Waals surface area contributed by atoms with E-state index in [1.807, 2.05) is 0 Å². The van der Waals surface area contributed by atoms with Crippen LogP contribution < -0.4 is 5.73 Å². The molecular weight excluding hydrogens is 242 g/mol. The molecule has 3 fully saturated rings. The van der Waals surface area contributed by atoms with Crippen LogP contribution in [-0.4, -0.2) is 67.2 Å². The Labute approximate surface area is 115 Å². The molecule has 0 saturated carbocycles. The topological polar surface area (TPSA) is 58.8 Å². The van der Waals surface area contributed by atoms with Gasteiger partial charge in [0.05, 0.1) is 19.3 Å². The molecule has 3 aliphatic heterocycles. The van der Waals surface area contributed by atoms with Gasteiger partial charge in [-0.3, -0.25) is 14.6 Å². The van der Waals surface area contributed by atoms with Crippen LogP contribution in [0.15, 0.2) is 0 Å². The van der Waals surface area contributed by atoms with E-state index in [1.54, 1.807) is 0 Å². The fourth-order valence-corrected chi connectivity index (χ4v) is 3.94. The lowest BCUT2D eigenvalue weighted by atomic mass is 9.95. The summed E-state index contributed by atoms with van der Waals surface area (Å²) < 4.78 is 5.63. The van der Waals surface area contributed by atoms with Crippen LogP contribution in [0, 0.1) is 5.92 Å². The highest BCUT2D eigenvalue weighted by Crippen LogP contribution is 2.29. The molecule has 5 nitrogen and oxygen atoms in total. The van der Waals surface area contributed by atoms with E-state index in [-0.39, 0.29) is 11.9 Å². The molecule has 108 valence electrons. The zero-order valence-corrected chi connectivity index (χ0v) is 11.6. The van der Waals surface area contributed by atoms with Gasteiger partial charge < -0.3 is 10.5 Å². The summed E-state index contributed by atoms with van der Waals surface area (Å²) in [6.07, 6.45) is 4.50. The van der Waals surface area contributed by atoms with Crippen LogP contribution in [0.25, 0.3) is 0 Å². The van der Waals surface area contributed by atoms with Crippen LogP contribution in [0.2, 0.25) is 0 Å². The first kappa shape index (κ1) is 13.3. The second kappa shape index (κ2) is 5.77. The van der Waals surface area contributed by atoms with Crippen molar-refractivity contribution < 1.29 is 9.53 Å². The van der Waals surface area contributed by atoms with Crippen LogP contribution in [0.3, 0.4) is 0 Å². The van der Waals surface area contributed by atoms with E-state index in [0.29, 0.717) is 12.0 Å². The highest BCUT2D eigenvalue weighted by molar-refractivity contribution is 5.79. The van der Waals surface area contributed by atoms with Crippen LogP contribution in [0.4, 0.5) is 0 Å². The molecule has 5 heteroatoms. The van der Waals surface area contributed by atoms with Crippen LogP contribution in [0.5, 0.6) is 0 Å². The summed E-state index contributed by atoms with van der Waals surface area (Å²) in [6, 6.07) is 0.525. The zero-order chi connectivity index (χ0) is 13.2. The van der Waals surface area contributed by atoms with E-state index < -0.39 is 0 Å². The van der Waals surface area contributed by atoms with E-state index in [2.05, 4.69) is 9.80 Å². The molecule has 0 radical (unpaired) electrons. The number of amides is 1. The lowest BCUT2D eigenvalue weighted by Crippen LogP contribution is -2.52. The van der Waals surface area contributed by atoms with Gasteiger partial charge in [-0.05, 0) is 38.3 Å². The molecule has 0 spiro atoms. The van der Waals surface area contributed by atoms with Crippen molar-refractivity contribution in [3.63, 3.8) is 0 Å². The largest absolute Gasteiger partial charge is 0.378 e. The number of fused-ring (bicyclic) bond motifs is 1. The van der Waals surface area contributed by atoms with Gasteiger partial charge in [0, 0.05) is 19.1 Å². The molecule has 2 N–H and O–H groups in total. The Morgan fingerprint density at radius 3 is 2.95 bits per heavy atom. The Bertz CT molecular complexity index is 337. The molecule has 0 aromatic heterocycles. The van der Waals surface area contributed by atoms with Gasteiger partial charge in [-0.25, -0.2) is 0 Å². The van der Waals surface area contributed by atoms with Gasteiger partial charge >= 0.3 is 0 Å². The molecule has 1 unspecified atom stereocenters. The molecule has 3 heterocycles. The molecular formula is C14H25N3O2. The van der Waals surface area contributed by atoms with Crippen molar-refractivity contribution >= 4 is 5.91 Å². The van der Waals surface area contributed by atoms with E-state index in [9.17, 15) is 4.79 Å². The Morgan fingerprint density at radius 1 is 1.21 bits per heavy atom. The monoisotopic (exact) mass is 267 g/mol. The molecule has 3 atom stereocenters. The summed E-state index contributed by atoms with van der Waals surface area (Å²) in [6.45, 7) is 6.03. The number of carbonyl (C=O) groups is 1. The normalized spacial score (nSPS) is 37.2. The number of nitrogens with two attached hydrogens (primary N) is 1. The molecule has 3 saturated heterocycles. The number of primary amides is 1. The number of carbonyl (C=O) groups excluding carboxylic acids is 1. The molecule has 0 bridgehead atoms. The van der Waals surface area contributed by atoms with Crippen molar-refractivity contribution in [1.29, 1.82) is 0 Å². The maximum Gasteiger partial charge on any atom is 0.234 e. The average molecular weight is 267 g/mol. The highest BCUT2D eigenvalue weighted by Gasteiger charge is 2.38. The molecule has 19 heavy (non-hydrogen) atoms. The Hall–Kier alpha value is -0.650. The predicted molar refractivity (Wildman–Crippen MR) is 72.7 cm³/mol. The van der Waals surface area contributed by atoms with Crippen molar-refractivity contribution in [3.8, 4) is 0 Å². The van der Waals surface area contributed by atoms with Gasteiger partial charge in [-0.15, -0.1) is 0 Å². The van der Waals surface area contributed by atoms with Crippen LogP contribution in [-0.2, 0) is 9.53 Å². The van der Waals surface area contributed by atoms with Gasteiger partial charge in [-0.1, -0.05) is 6.42 Å². The smallest absolute Gasteiger partial charge is 0.234 e. The number of ether oxygens (including phenoxy) is 1. The first-order chi connectivity index (χ1) is 9.25. The molecule has 3 aliphatic rings. The fourth-order valence-electron chi connectivity index (χ4n) is 3.94. The van der Waals surface area contributed by atoms with Crippen molar-refractivity contribution in [2.75, 3.05) is 39.4 Å². The number of likely N-dealkylation sites (tertiary alicyclic amines) is 1. The summed E-state index contributed by atoms with van der Waals surface area (Å²) in [4.78, 5) is 16.4. The Morgan fingerprint density at radius 2 is 2.11 bits per heavy atom. The molecule has 0 aromatic rings. The minimum atomic E-state index is -0.144. The standard InChI is InChI=1S/C14H25N3O2/c15-14(18)12-3-1-2-5-17(12)9-11-4-6-16-7-8-19-10-13(11)16/h11-13H,1-10H2,(H2,15,18)/t11-,12?,13+/m0/s1. The summed E-state index contributed by atoms with van der Waals surface area (Å²) in [7, 11) is 0. The molecule has 0 aromatic carbocycles. The van der Waals surface area contributed by atoms with Gasteiger partial charge in [-0.2, -0.15) is 0 Å². The minimum Gasteiger partial charge on any atom is -0.378 e. The zero-order valence-electron chi connectivity index (χ0n) is 11.6. The van der Waals surface area contributed by atoms with Gasteiger partial charge in [0.25, 0.3) is 0 Å². The number of hydrogen-bond acceptors (Lipinski definition) is 4. The van der Waals surface area contributed by atoms with E-state index >= 15 is 0 Å². The van der Waals surface area contributed by atoms with Crippen molar-refractivity contribution in [2.24, 2.45) is 11.7 Å². The average Bonchev–Trinajstić information content (AvgIpc) is 2.83. The van der Waals surface area contributed by atoms with E-state index in [4.69, 9.17) is 10.5 Å². The SMILES string of the molecule is NC(=O)C1CCCCN1C[C@@H]1CCN2CCOC[C@H]12. The maximum atomic E-state index is 11.6. The first-order valence-corrected chi connectivity index (χ1v) is 7.61. The number of piperidine rings is 1. The molecule has 3 rings (SSSR count). The van der Waals surface area contributed by atoms with E-state index in [0.717, 1.165) is 45.7 Å². The van der Waals surface area contributed by atoms with Crippen LogP contribution >= 0.6 is 0 Å². The summed E-state index contributed by atoms with van der Waals surface area (Å²) in [5, 5.41) is 0. The van der Waals surface area contributed by atoms with Gasteiger partial charge in [0.15, 0.2) is 0 Å². The fraction of sp³-hybridized carbons (Fsp3) is 0.929. The number of rotatable bonds is 3. The third-order valence-electron chi connectivity index (χ3n) is 5.02. The number of nitrogens with zero attached hydrogens (tertiary/aromatic N) is 2. The quantitative estimate of drug-likeness (QED) is 0.785. The second-order valence-corrected chi connectivity index (χ2v) is 6.14. The molecule has 1 amide bonds. The Balaban J connectivity index is 1.61. The van der Waals surface area contributed by atoms with Crippen molar-refractivity contribution in [2.45, 2.75) is 37.8 Å². The highest BCUT2D eigenvalue weighted by atomic mass is 16.5. The van der Waals surface area contributed by atoms with Gasteiger partial charge in [0.1, 0.15) is 0 Å². The van der Waals surface area contributed by atoms with E-state index in [1.165, 1.54) is 19.4 Å². The van der Waals surface area contributed by atoms with Crippen LogP contribution in [0.1, 0.15) is 25.7 Å². The van der Waals surface area contributed by atoms with Crippen molar-refractivity contribution in [1.82, 2.24) is 9.80 Å². The third-order valence-corrected chi connectivity index (χ3v) is 5.02. The summed E-state index contributed by atoms with van der Waals surface area (Å²) in [5.41, 5.74) is 5.55. The minimum absolute atomic E-state index is 0.0349. The van der Waals surface area contributed by atoms with Crippen molar-refractivity contribution in [3.05, 3.63) is 0 Å². The Kier molecular flexibility index (Phi) is 4.05. The lowest BCUT2D eigenvalue weighted by Gasteiger charge is -2.38. The predicted octanol–water partition coefficient (Wildman–Crippen LogP) is 0.0469. The molecule has 0 aliphatic carbocycles. The third kappa shape index (κ3) is 2.78. The van der Waals surface area contributed by atoms with Gasteiger partial charge in [0.2, 0.25) is 5.91 Å². The maximum absolute atomic E-state index is 11.6. The summed E-state index contributed by atoms with van der Waals surface area (Å²) >= 11 is 0. The first-order valence-electron chi connectivity index (χ1n) is 7.61. The number of hydrogen-bond donors (Lipinski definition) is 1. The second-order valence-electron chi connectivity index (χ2n) is 6.14. The summed E-state index contributed by atoms with van der Waals surface area (Å²) in [5.74, 6) is 0.495. The number of morpholine rings is 1. The lowest BCUT2D eigenvalue weighted by molar-refractivity contribution is -0.124.